The monoisotopic (exact) mass is 388 g/mol. The van der Waals surface area contributed by atoms with Crippen molar-refractivity contribution in [2.45, 2.75) is 31.3 Å². The van der Waals surface area contributed by atoms with Gasteiger partial charge in [0.1, 0.15) is 5.75 Å². The van der Waals surface area contributed by atoms with Crippen LogP contribution in [0.2, 0.25) is 0 Å². The molecule has 3 heterocycles. The summed E-state index contributed by atoms with van der Waals surface area (Å²) < 4.78 is 16.9. The molecule has 1 aromatic rings. The summed E-state index contributed by atoms with van der Waals surface area (Å²) in [7, 11) is 3.43. The van der Waals surface area contributed by atoms with Crippen LogP contribution in [0.4, 0.5) is 0 Å². The number of likely N-dealkylation sites (tertiary alicyclic amines) is 2. The molecule has 6 heteroatoms. The molecule has 0 N–H and O–H groups in total. The van der Waals surface area contributed by atoms with Gasteiger partial charge in [-0.15, -0.1) is 0 Å². The van der Waals surface area contributed by atoms with Crippen molar-refractivity contribution >= 4 is 5.91 Å². The van der Waals surface area contributed by atoms with Crippen molar-refractivity contribution < 1.29 is 19.0 Å². The second-order valence-corrected chi connectivity index (χ2v) is 8.22. The molecule has 3 aliphatic rings. The van der Waals surface area contributed by atoms with Gasteiger partial charge in [0.2, 0.25) is 5.91 Å². The molecule has 0 radical (unpaired) electrons. The Morgan fingerprint density at radius 1 is 1.25 bits per heavy atom. The summed E-state index contributed by atoms with van der Waals surface area (Å²) in [6, 6.07) is 6.33. The predicted octanol–water partition coefficient (Wildman–Crippen LogP) is 2.05. The van der Waals surface area contributed by atoms with E-state index < -0.39 is 0 Å². The van der Waals surface area contributed by atoms with Crippen molar-refractivity contribution in [1.82, 2.24) is 9.80 Å². The Kier molecular flexibility index (Phi) is 5.90. The molecule has 2 saturated heterocycles. The molecule has 1 amide bonds. The van der Waals surface area contributed by atoms with Gasteiger partial charge in [0.25, 0.3) is 0 Å². The number of amides is 1. The summed E-state index contributed by atoms with van der Waals surface area (Å²) in [4.78, 5) is 17.4. The normalized spacial score (nSPS) is 24.4. The van der Waals surface area contributed by atoms with Gasteiger partial charge in [-0.3, -0.25) is 4.79 Å². The molecule has 0 aromatic heterocycles. The van der Waals surface area contributed by atoms with Crippen LogP contribution in [0, 0.1) is 5.92 Å². The molecule has 3 aliphatic heterocycles. The first-order valence-electron chi connectivity index (χ1n) is 10.5. The van der Waals surface area contributed by atoms with E-state index in [1.807, 2.05) is 6.07 Å². The van der Waals surface area contributed by atoms with Crippen LogP contribution in [-0.2, 0) is 26.3 Å². The predicted molar refractivity (Wildman–Crippen MR) is 107 cm³/mol. The maximum atomic E-state index is 13.0. The number of fused-ring (bicyclic) bond motifs is 2. The molecular formula is C22H32N2O4. The van der Waals surface area contributed by atoms with E-state index in [0.29, 0.717) is 5.91 Å². The minimum absolute atomic E-state index is 0.134. The van der Waals surface area contributed by atoms with Crippen LogP contribution in [-0.4, -0.2) is 75.9 Å². The highest BCUT2D eigenvalue weighted by molar-refractivity contribution is 5.79. The van der Waals surface area contributed by atoms with E-state index in [2.05, 4.69) is 21.9 Å². The van der Waals surface area contributed by atoms with E-state index in [9.17, 15) is 4.79 Å². The average molecular weight is 389 g/mol. The van der Waals surface area contributed by atoms with Gasteiger partial charge in [-0.2, -0.15) is 0 Å². The van der Waals surface area contributed by atoms with Crippen LogP contribution in [0.3, 0.4) is 0 Å². The highest BCUT2D eigenvalue weighted by atomic mass is 16.5. The van der Waals surface area contributed by atoms with E-state index in [1.54, 1.807) is 14.2 Å². The van der Waals surface area contributed by atoms with Crippen molar-refractivity contribution in [3.05, 3.63) is 29.3 Å². The first-order valence-corrected chi connectivity index (χ1v) is 10.5. The molecule has 0 saturated carbocycles. The number of carbonyl (C=O) groups excluding carboxylic acids is 1. The van der Waals surface area contributed by atoms with Gasteiger partial charge >= 0.3 is 0 Å². The number of hydrogen-bond acceptors (Lipinski definition) is 5. The summed E-state index contributed by atoms with van der Waals surface area (Å²) in [5.41, 5.74) is 2.38. The maximum absolute atomic E-state index is 13.0. The molecule has 1 unspecified atom stereocenters. The lowest BCUT2D eigenvalue weighted by molar-refractivity contribution is -0.144. The number of nitrogens with zero attached hydrogens (tertiary/aromatic N) is 2. The zero-order valence-corrected chi connectivity index (χ0v) is 17.1. The molecule has 6 nitrogen and oxygen atoms in total. The number of benzene rings is 1. The first kappa shape index (κ1) is 19.7. The van der Waals surface area contributed by atoms with Crippen molar-refractivity contribution in [1.29, 1.82) is 0 Å². The summed E-state index contributed by atoms with van der Waals surface area (Å²) in [6.07, 6.45) is 3.63. The molecule has 154 valence electrons. The SMILES string of the molecule is COCCN1CCC(C(=O)N2CCC3(CC2)OCCc2cc(OC)ccc23)C1. The molecule has 1 atom stereocenters. The Bertz CT molecular complexity index is 700. The van der Waals surface area contributed by atoms with E-state index >= 15 is 0 Å². The van der Waals surface area contributed by atoms with Crippen LogP contribution in [0.5, 0.6) is 5.75 Å². The number of ether oxygens (including phenoxy) is 3. The third-order valence-corrected chi connectivity index (χ3v) is 6.67. The zero-order chi connectivity index (χ0) is 19.6. The van der Waals surface area contributed by atoms with Gasteiger partial charge in [-0.05, 0) is 55.5 Å². The van der Waals surface area contributed by atoms with Crippen LogP contribution < -0.4 is 4.74 Å². The van der Waals surface area contributed by atoms with E-state index in [1.165, 1.54) is 11.1 Å². The molecule has 4 rings (SSSR count). The van der Waals surface area contributed by atoms with Gasteiger partial charge in [-0.1, -0.05) is 6.07 Å². The van der Waals surface area contributed by atoms with Gasteiger partial charge in [0.15, 0.2) is 0 Å². The van der Waals surface area contributed by atoms with Crippen LogP contribution in [0.15, 0.2) is 18.2 Å². The fourth-order valence-corrected chi connectivity index (χ4v) is 5.00. The van der Waals surface area contributed by atoms with E-state index in [-0.39, 0.29) is 11.5 Å². The maximum Gasteiger partial charge on any atom is 0.227 e. The third kappa shape index (κ3) is 3.78. The van der Waals surface area contributed by atoms with Crippen molar-refractivity contribution in [3.8, 4) is 5.75 Å². The lowest BCUT2D eigenvalue weighted by atomic mass is 9.79. The van der Waals surface area contributed by atoms with Crippen LogP contribution in [0.25, 0.3) is 0 Å². The molecule has 0 bridgehead atoms. The van der Waals surface area contributed by atoms with Gasteiger partial charge in [0, 0.05) is 33.3 Å². The Labute approximate surface area is 167 Å². The second kappa shape index (κ2) is 8.39. The molecule has 0 aliphatic carbocycles. The molecule has 1 aromatic carbocycles. The summed E-state index contributed by atoms with van der Waals surface area (Å²) in [5, 5.41) is 0. The lowest BCUT2D eigenvalue weighted by Gasteiger charge is -2.45. The number of hydrogen-bond donors (Lipinski definition) is 0. The zero-order valence-electron chi connectivity index (χ0n) is 17.1. The molecular weight excluding hydrogens is 356 g/mol. The van der Waals surface area contributed by atoms with Gasteiger partial charge in [-0.25, -0.2) is 0 Å². The van der Waals surface area contributed by atoms with E-state index in [4.69, 9.17) is 14.2 Å². The quantitative estimate of drug-likeness (QED) is 0.773. The number of rotatable bonds is 5. The fourth-order valence-electron chi connectivity index (χ4n) is 5.00. The van der Waals surface area contributed by atoms with E-state index in [0.717, 1.165) is 77.4 Å². The first-order chi connectivity index (χ1) is 13.6. The molecule has 28 heavy (non-hydrogen) atoms. The molecule has 1 spiro atoms. The Morgan fingerprint density at radius 3 is 2.82 bits per heavy atom. The van der Waals surface area contributed by atoms with Crippen molar-refractivity contribution in [3.63, 3.8) is 0 Å². The Morgan fingerprint density at radius 2 is 2.07 bits per heavy atom. The number of methoxy groups -OCH3 is 2. The minimum Gasteiger partial charge on any atom is -0.497 e. The van der Waals surface area contributed by atoms with Crippen molar-refractivity contribution in [2.75, 3.05) is 60.2 Å². The number of piperidine rings is 1. The van der Waals surface area contributed by atoms with Gasteiger partial charge < -0.3 is 24.0 Å². The highest BCUT2D eigenvalue weighted by Gasteiger charge is 2.43. The van der Waals surface area contributed by atoms with Crippen LogP contribution in [0.1, 0.15) is 30.4 Å². The van der Waals surface area contributed by atoms with Crippen LogP contribution >= 0.6 is 0 Å². The topological polar surface area (TPSA) is 51.2 Å². The standard InChI is InChI=1S/C22H32N2O4/c1-26-14-12-23-9-5-18(16-23)21(25)24-10-7-22(8-11-24)20-4-3-19(27-2)15-17(20)6-13-28-22/h3-4,15,18H,5-14,16H2,1-2H3. The smallest absolute Gasteiger partial charge is 0.227 e. The Hall–Kier alpha value is -1.63. The largest absolute Gasteiger partial charge is 0.497 e. The Balaban J connectivity index is 1.38. The summed E-state index contributed by atoms with van der Waals surface area (Å²) in [6.45, 7) is 5.80. The summed E-state index contributed by atoms with van der Waals surface area (Å²) in [5.74, 6) is 1.36. The number of carbonyl (C=O) groups is 1. The summed E-state index contributed by atoms with van der Waals surface area (Å²) >= 11 is 0. The highest BCUT2D eigenvalue weighted by Crippen LogP contribution is 2.42. The average Bonchev–Trinajstić information content (AvgIpc) is 3.21. The second-order valence-electron chi connectivity index (χ2n) is 8.22. The minimum atomic E-state index is -0.239. The molecule has 2 fully saturated rings. The fraction of sp³-hybridized carbons (Fsp3) is 0.682. The van der Waals surface area contributed by atoms with Crippen molar-refractivity contribution in [2.24, 2.45) is 5.92 Å². The lowest BCUT2D eigenvalue weighted by Crippen LogP contribution is -2.50. The third-order valence-electron chi connectivity index (χ3n) is 6.67. The van der Waals surface area contributed by atoms with Gasteiger partial charge in [0.05, 0.1) is 31.8 Å².